The number of likely N-dealkylation sites (tertiary alicyclic amines) is 1. The Morgan fingerprint density at radius 1 is 1.05 bits per heavy atom. The number of nitrogens with zero attached hydrogens (tertiary/aromatic N) is 1. The van der Waals surface area contributed by atoms with Crippen molar-refractivity contribution >= 4 is 46.5 Å². The number of aromatic amines is 1. The number of aromatic nitrogens is 1. The van der Waals surface area contributed by atoms with Gasteiger partial charge in [-0.15, -0.1) is 0 Å². The van der Waals surface area contributed by atoms with Gasteiger partial charge in [-0.05, 0) is 30.9 Å². The maximum atomic E-state index is 13.6. The van der Waals surface area contributed by atoms with Gasteiger partial charge in [-0.25, -0.2) is 4.79 Å². The number of hydrogen-bond acceptors (Lipinski definition) is 7. The van der Waals surface area contributed by atoms with Gasteiger partial charge in [-0.1, -0.05) is 18.2 Å². The van der Waals surface area contributed by atoms with Gasteiger partial charge in [-0.3, -0.25) is 24.0 Å². The Kier molecular flexibility index (Phi) is 9.60. The topological polar surface area (TPSA) is 238 Å². The molecule has 2 heterocycles. The second kappa shape index (κ2) is 12.9. The van der Waals surface area contributed by atoms with Crippen LogP contribution in [0.25, 0.3) is 10.9 Å². The third-order valence-electron chi connectivity index (χ3n) is 6.58. The van der Waals surface area contributed by atoms with E-state index in [9.17, 15) is 33.9 Å². The maximum Gasteiger partial charge on any atom is 0.326 e. The predicted molar refractivity (Wildman–Crippen MR) is 137 cm³/mol. The quantitative estimate of drug-likeness (QED) is 0.160. The highest BCUT2D eigenvalue weighted by molar-refractivity contribution is 5.95. The van der Waals surface area contributed by atoms with Crippen molar-refractivity contribution in [1.29, 1.82) is 0 Å². The Bertz CT molecular complexity index is 1260. The molecule has 14 nitrogen and oxygen atoms in total. The van der Waals surface area contributed by atoms with Crippen LogP contribution in [-0.4, -0.2) is 86.4 Å². The molecule has 14 heteroatoms. The smallest absolute Gasteiger partial charge is 0.326 e. The lowest BCUT2D eigenvalue weighted by molar-refractivity contribution is -0.149. The zero-order valence-electron chi connectivity index (χ0n) is 21.1. The van der Waals surface area contributed by atoms with Crippen LogP contribution in [0.3, 0.4) is 0 Å². The largest absolute Gasteiger partial charge is 0.481 e. The Labute approximate surface area is 223 Å². The molecule has 1 saturated heterocycles. The molecule has 210 valence electrons. The number of fused-ring (bicyclic) bond motifs is 1. The molecule has 1 aliphatic heterocycles. The van der Waals surface area contributed by atoms with Crippen molar-refractivity contribution in [2.45, 2.75) is 62.7 Å². The van der Waals surface area contributed by atoms with E-state index in [0.717, 1.165) is 10.9 Å². The summed E-state index contributed by atoms with van der Waals surface area (Å²) in [6, 6.07) is 2.23. The lowest BCUT2D eigenvalue weighted by Crippen LogP contribution is -2.57. The van der Waals surface area contributed by atoms with E-state index in [1.807, 2.05) is 24.3 Å². The van der Waals surface area contributed by atoms with Crippen LogP contribution in [0.1, 0.15) is 37.7 Å². The second-order valence-electron chi connectivity index (χ2n) is 9.42. The number of nitrogens with one attached hydrogen (secondary N) is 3. The van der Waals surface area contributed by atoms with Crippen LogP contribution in [0, 0.1) is 0 Å². The molecule has 9 N–H and O–H groups in total. The van der Waals surface area contributed by atoms with Gasteiger partial charge in [0.1, 0.15) is 18.1 Å². The molecule has 3 rings (SSSR count). The maximum absolute atomic E-state index is 13.6. The van der Waals surface area contributed by atoms with Crippen molar-refractivity contribution in [3.8, 4) is 0 Å². The minimum atomic E-state index is -1.46. The Morgan fingerprint density at radius 3 is 2.41 bits per heavy atom. The number of amides is 4. The van der Waals surface area contributed by atoms with E-state index in [2.05, 4.69) is 15.6 Å². The molecule has 4 unspecified atom stereocenters. The summed E-state index contributed by atoms with van der Waals surface area (Å²) < 4.78 is 0. The summed E-state index contributed by atoms with van der Waals surface area (Å²) in [6.45, 7) is 0.196. The van der Waals surface area contributed by atoms with Crippen molar-refractivity contribution in [3.05, 3.63) is 36.0 Å². The molecule has 0 aliphatic carbocycles. The van der Waals surface area contributed by atoms with Gasteiger partial charge in [0.2, 0.25) is 23.6 Å². The lowest BCUT2D eigenvalue weighted by atomic mass is 10.0. The minimum absolute atomic E-state index is 0.00639. The zero-order chi connectivity index (χ0) is 28.7. The summed E-state index contributed by atoms with van der Waals surface area (Å²) in [5.41, 5.74) is 12.3. The fourth-order valence-corrected chi connectivity index (χ4v) is 4.60. The molecule has 1 aromatic heterocycles. The number of carbonyl (C=O) groups excluding carboxylic acids is 4. The molecule has 1 aromatic carbocycles. The summed E-state index contributed by atoms with van der Waals surface area (Å²) in [5.74, 6) is -5.61. The normalized spacial score (nSPS) is 17.3. The monoisotopic (exact) mass is 544 g/mol. The van der Waals surface area contributed by atoms with Crippen LogP contribution in [0.5, 0.6) is 0 Å². The van der Waals surface area contributed by atoms with Gasteiger partial charge >= 0.3 is 11.9 Å². The average Bonchev–Trinajstić information content (AvgIpc) is 3.53. The van der Waals surface area contributed by atoms with Crippen molar-refractivity contribution in [3.63, 3.8) is 0 Å². The van der Waals surface area contributed by atoms with E-state index in [4.69, 9.17) is 16.6 Å². The summed E-state index contributed by atoms with van der Waals surface area (Å²) in [7, 11) is 0. The van der Waals surface area contributed by atoms with E-state index in [0.29, 0.717) is 12.0 Å². The fraction of sp³-hybridized carbons (Fsp3) is 0.440. The molecule has 0 spiro atoms. The average molecular weight is 545 g/mol. The number of hydrogen-bond donors (Lipinski definition) is 7. The van der Waals surface area contributed by atoms with Gasteiger partial charge in [0.25, 0.3) is 0 Å². The van der Waals surface area contributed by atoms with Gasteiger partial charge in [0, 0.05) is 36.5 Å². The predicted octanol–water partition coefficient (Wildman–Crippen LogP) is -1.18. The van der Waals surface area contributed by atoms with Crippen molar-refractivity contribution in [2.24, 2.45) is 11.5 Å². The first-order valence-corrected chi connectivity index (χ1v) is 12.4. The molecular weight excluding hydrogens is 512 g/mol. The van der Waals surface area contributed by atoms with E-state index in [-0.39, 0.29) is 32.2 Å². The van der Waals surface area contributed by atoms with Crippen LogP contribution < -0.4 is 22.1 Å². The molecule has 39 heavy (non-hydrogen) atoms. The summed E-state index contributed by atoms with van der Waals surface area (Å²) in [6.07, 6.45) is 1.23. The van der Waals surface area contributed by atoms with E-state index in [1.54, 1.807) is 6.20 Å². The molecule has 4 atom stereocenters. The third kappa shape index (κ3) is 7.54. The van der Waals surface area contributed by atoms with Crippen molar-refractivity contribution in [1.82, 2.24) is 20.5 Å². The van der Waals surface area contributed by atoms with E-state index in [1.165, 1.54) is 4.90 Å². The summed E-state index contributed by atoms with van der Waals surface area (Å²) in [5, 5.41) is 24.2. The molecule has 0 radical (unpaired) electrons. The van der Waals surface area contributed by atoms with Crippen LogP contribution in [0.15, 0.2) is 30.5 Å². The number of rotatable bonds is 13. The standard InChI is InChI=1S/C25H32N6O8/c26-15(11-21(33)34)22(35)29-17(7-8-20(27)32)23(36)30-18(24(37)31-9-3-6-19(31)25(38)39)10-13-12-28-16-5-2-1-4-14(13)16/h1-2,4-5,12,15,17-19,28H,3,6-11,26H2,(H2,27,32)(H,29,35)(H,30,36)(H,33,34)(H,38,39). The number of carboxylic acids is 2. The van der Waals surface area contributed by atoms with Crippen LogP contribution in [-0.2, 0) is 35.2 Å². The Hall–Kier alpha value is -4.46. The highest BCUT2D eigenvalue weighted by Crippen LogP contribution is 2.23. The number of carbonyl (C=O) groups is 6. The lowest BCUT2D eigenvalue weighted by Gasteiger charge is -2.29. The molecule has 4 amide bonds. The van der Waals surface area contributed by atoms with Gasteiger partial charge in [0.05, 0.1) is 12.5 Å². The summed E-state index contributed by atoms with van der Waals surface area (Å²) >= 11 is 0. The van der Waals surface area contributed by atoms with E-state index < -0.39 is 66.2 Å². The minimum Gasteiger partial charge on any atom is -0.481 e. The van der Waals surface area contributed by atoms with Gasteiger partial charge in [0.15, 0.2) is 0 Å². The van der Waals surface area contributed by atoms with Gasteiger partial charge < -0.3 is 42.2 Å². The molecule has 2 aromatic rings. The van der Waals surface area contributed by atoms with Crippen LogP contribution in [0.2, 0.25) is 0 Å². The summed E-state index contributed by atoms with van der Waals surface area (Å²) in [4.78, 5) is 77.7. The first-order chi connectivity index (χ1) is 18.5. The Balaban J connectivity index is 1.87. The zero-order valence-corrected chi connectivity index (χ0v) is 21.1. The molecular formula is C25H32N6O8. The van der Waals surface area contributed by atoms with Crippen LogP contribution in [0.4, 0.5) is 0 Å². The number of primary amides is 1. The number of H-pyrrole nitrogens is 1. The number of nitrogens with two attached hydrogens (primary N) is 2. The number of para-hydroxylation sites is 1. The Morgan fingerprint density at radius 2 is 1.74 bits per heavy atom. The number of aliphatic carboxylic acids is 2. The molecule has 1 aliphatic rings. The van der Waals surface area contributed by atoms with Crippen molar-refractivity contribution in [2.75, 3.05) is 6.54 Å². The third-order valence-corrected chi connectivity index (χ3v) is 6.58. The first kappa shape index (κ1) is 29.1. The fourth-order valence-electron chi connectivity index (χ4n) is 4.60. The number of benzene rings is 1. The van der Waals surface area contributed by atoms with E-state index >= 15 is 0 Å². The van der Waals surface area contributed by atoms with Gasteiger partial charge in [-0.2, -0.15) is 0 Å². The molecule has 0 saturated carbocycles. The second-order valence-corrected chi connectivity index (χ2v) is 9.42. The molecule has 1 fully saturated rings. The highest BCUT2D eigenvalue weighted by atomic mass is 16.4. The number of carboxylic acid groups (broad SMARTS) is 2. The SMILES string of the molecule is NC(=O)CCC(NC(=O)C(N)CC(=O)O)C(=O)NC(Cc1c[nH]c2ccccc12)C(=O)N1CCCC1C(=O)O. The molecule has 0 bridgehead atoms. The van der Waals surface area contributed by atoms with Crippen LogP contribution >= 0.6 is 0 Å². The highest BCUT2D eigenvalue weighted by Gasteiger charge is 2.38. The van der Waals surface area contributed by atoms with Crippen molar-refractivity contribution < 1.29 is 39.0 Å². The first-order valence-electron chi connectivity index (χ1n) is 12.4.